The summed E-state index contributed by atoms with van der Waals surface area (Å²) in [4.78, 5) is 12.1. The summed E-state index contributed by atoms with van der Waals surface area (Å²) in [5.41, 5.74) is 6.12. The molecule has 0 radical (unpaired) electrons. The van der Waals surface area contributed by atoms with Gasteiger partial charge in [0, 0.05) is 17.1 Å². The van der Waals surface area contributed by atoms with Crippen molar-refractivity contribution in [2.75, 3.05) is 6.54 Å². The fraction of sp³-hybridized carbons (Fsp3) is 0.462. The average molecular weight is 334 g/mol. The van der Waals surface area contributed by atoms with Gasteiger partial charge in [-0.25, -0.2) is 0 Å². The Morgan fingerprint density at radius 1 is 1.50 bits per heavy atom. The lowest BCUT2D eigenvalue weighted by Gasteiger charge is -2.19. The molecule has 0 saturated carbocycles. The minimum absolute atomic E-state index is 0.0208. The number of carbonyl (C=O) groups excluding carboxylic acids is 1. The van der Waals surface area contributed by atoms with Crippen molar-refractivity contribution in [3.05, 3.63) is 33.3 Å². The molecule has 1 atom stereocenters. The Hall–Kier alpha value is -0.580. The van der Waals surface area contributed by atoms with E-state index in [9.17, 15) is 4.79 Å². The summed E-state index contributed by atoms with van der Waals surface area (Å²) in [6.45, 7) is 4.62. The second kappa shape index (κ2) is 7.12. The predicted molar refractivity (Wildman–Crippen MR) is 78.9 cm³/mol. The van der Waals surface area contributed by atoms with Gasteiger partial charge in [0.25, 0.3) is 5.91 Å². The normalized spacial score (nSPS) is 12.6. The largest absolute Gasteiger partial charge is 0.348 e. The molecule has 1 amide bonds. The van der Waals surface area contributed by atoms with Gasteiger partial charge < -0.3 is 11.1 Å². The zero-order valence-corrected chi connectivity index (χ0v) is 12.9. The van der Waals surface area contributed by atoms with Crippen LogP contribution in [0, 0.1) is 5.92 Å². The molecule has 0 aliphatic heterocycles. The first-order valence-corrected chi connectivity index (χ1v) is 7.07. The number of nitrogens with one attached hydrogen (secondary N) is 1. The van der Waals surface area contributed by atoms with Gasteiger partial charge in [0.2, 0.25) is 0 Å². The molecule has 0 aliphatic carbocycles. The predicted octanol–water partition coefficient (Wildman–Crippen LogP) is 3.21. The zero-order valence-electron chi connectivity index (χ0n) is 10.5. The highest BCUT2D eigenvalue weighted by atomic mass is 79.9. The van der Waals surface area contributed by atoms with Crippen LogP contribution in [0.3, 0.4) is 0 Å². The molecular weight excluding hydrogens is 316 g/mol. The smallest absolute Gasteiger partial charge is 0.253 e. The third-order valence-corrected chi connectivity index (χ3v) is 3.87. The van der Waals surface area contributed by atoms with Crippen molar-refractivity contribution in [1.82, 2.24) is 5.32 Å². The maximum atomic E-state index is 12.1. The van der Waals surface area contributed by atoms with E-state index in [0.29, 0.717) is 27.5 Å². The fourth-order valence-electron chi connectivity index (χ4n) is 1.73. The van der Waals surface area contributed by atoms with Gasteiger partial charge in [0.15, 0.2) is 0 Å². The van der Waals surface area contributed by atoms with Gasteiger partial charge in [-0.15, -0.1) is 0 Å². The first-order valence-electron chi connectivity index (χ1n) is 5.90. The van der Waals surface area contributed by atoms with E-state index in [2.05, 4.69) is 35.1 Å². The van der Waals surface area contributed by atoms with Gasteiger partial charge in [-0.1, -0.05) is 31.5 Å². The summed E-state index contributed by atoms with van der Waals surface area (Å²) < 4.78 is 0.713. The van der Waals surface area contributed by atoms with Gasteiger partial charge in [-0.05, 0) is 40.4 Å². The summed E-state index contributed by atoms with van der Waals surface area (Å²) >= 11 is 9.38. The van der Waals surface area contributed by atoms with Crippen LogP contribution < -0.4 is 11.1 Å². The van der Waals surface area contributed by atoms with Crippen LogP contribution in [0.25, 0.3) is 0 Å². The molecule has 1 aromatic rings. The molecule has 100 valence electrons. The third-order valence-electron chi connectivity index (χ3n) is 2.57. The van der Waals surface area contributed by atoms with Gasteiger partial charge in [-0.3, -0.25) is 4.79 Å². The summed E-state index contributed by atoms with van der Waals surface area (Å²) in [6, 6.07) is 5.26. The van der Waals surface area contributed by atoms with E-state index in [0.717, 1.165) is 6.42 Å². The van der Waals surface area contributed by atoms with Crippen LogP contribution >= 0.6 is 27.5 Å². The van der Waals surface area contributed by atoms with Crippen LogP contribution in [0.1, 0.15) is 30.6 Å². The number of hydrogen-bond donors (Lipinski definition) is 2. The molecular formula is C13H18BrClN2O. The molecule has 0 saturated heterocycles. The minimum Gasteiger partial charge on any atom is -0.348 e. The molecule has 0 fully saturated rings. The van der Waals surface area contributed by atoms with E-state index in [-0.39, 0.29) is 11.9 Å². The Labute approximate surface area is 121 Å². The number of amides is 1. The Morgan fingerprint density at radius 2 is 2.17 bits per heavy atom. The summed E-state index contributed by atoms with van der Waals surface area (Å²) in [5, 5.41) is 3.34. The van der Waals surface area contributed by atoms with Crippen LogP contribution in [-0.2, 0) is 0 Å². The Bertz CT molecular complexity index is 423. The van der Waals surface area contributed by atoms with Crippen molar-refractivity contribution in [3.63, 3.8) is 0 Å². The maximum Gasteiger partial charge on any atom is 0.253 e. The number of carbonyl (C=O) groups is 1. The Kier molecular flexibility index (Phi) is 6.12. The Morgan fingerprint density at radius 3 is 2.72 bits per heavy atom. The number of halogens is 2. The van der Waals surface area contributed by atoms with Crippen LogP contribution in [0.5, 0.6) is 0 Å². The van der Waals surface area contributed by atoms with Gasteiger partial charge in [0.1, 0.15) is 0 Å². The van der Waals surface area contributed by atoms with E-state index in [4.69, 9.17) is 17.3 Å². The minimum atomic E-state index is -0.183. The van der Waals surface area contributed by atoms with Crippen molar-refractivity contribution in [2.24, 2.45) is 11.7 Å². The quantitative estimate of drug-likeness (QED) is 0.869. The lowest BCUT2D eigenvalue weighted by atomic mass is 10.0. The molecule has 3 N–H and O–H groups in total. The SMILES string of the molecule is CC(C)CC(CN)NC(=O)c1cccc(Br)c1Cl. The molecule has 0 spiro atoms. The number of hydrogen-bond acceptors (Lipinski definition) is 2. The van der Waals surface area contributed by atoms with Crippen LogP contribution in [-0.4, -0.2) is 18.5 Å². The molecule has 18 heavy (non-hydrogen) atoms. The molecule has 3 nitrogen and oxygen atoms in total. The van der Waals surface area contributed by atoms with Crippen LogP contribution in [0.15, 0.2) is 22.7 Å². The monoisotopic (exact) mass is 332 g/mol. The van der Waals surface area contributed by atoms with E-state index >= 15 is 0 Å². The summed E-state index contributed by atoms with van der Waals surface area (Å²) in [7, 11) is 0. The van der Waals surface area contributed by atoms with Crippen molar-refractivity contribution in [3.8, 4) is 0 Å². The Balaban J connectivity index is 2.78. The van der Waals surface area contributed by atoms with Gasteiger partial charge >= 0.3 is 0 Å². The molecule has 0 aliphatic rings. The highest BCUT2D eigenvalue weighted by molar-refractivity contribution is 9.10. The van der Waals surface area contributed by atoms with E-state index in [1.807, 2.05) is 0 Å². The maximum absolute atomic E-state index is 12.1. The molecule has 1 aromatic carbocycles. The van der Waals surface area contributed by atoms with Gasteiger partial charge in [-0.2, -0.15) is 0 Å². The average Bonchev–Trinajstić information content (AvgIpc) is 2.31. The third kappa shape index (κ3) is 4.26. The highest BCUT2D eigenvalue weighted by Crippen LogP contribution is 2.26. The summed E-state index contributed by atoms with van der Waals surface area (Å²) in [5.74, 6) is 0.300. The highest BCUT2D eigenvalue weighted by Gasteiger charge is 2.16. The van der Waals surface area contributed by atoms with Crippen LogP contribution in [0.4, 0.5) is 0 Å². The van der Waals surface area contributed by atoms with E-state index in [1.54, 1.807) is 18.2 Å². The first-order chi connectivity index (χ1) is 8.45. The molecule has 1 unspecified atom stereocenters. The van der Waals surface area contributed by atoms with Crippen molar-refractivity contribution < 1.29 is 4.79 Å². The second-order valence-corrected chi connectivity index (χ2v) is 5.87. The standard InChI is InChI=1S/C13H18BrClN2O/c1-8(2)6-9(7-16)17-13(18)10-4-3-5-11(14)12(10)15/h3-5,8-9H,6-7,16H2,1-2H3,(H,17,18). The first kappa shape index (κ1) is 15.5. The number of nitrogens with two attached hydrogens (primary N) is 1. The van der Waals surface area contributed by atoms with Crippen molar-refractivity contribution in [1.29, 1.82) is 0 Å². The number of benzene rings is 1. The lowest BCUT2D eigenvalue weighted by molar-refractivity contribution is 0.0934. The molecule has 0 heterocycles. The molecule has 0 bridgehead atoms. The van der Waals surface area contributed by atoms with E-state index in [1.165, 1.54) is 0 Å². The second-order valence-electron chi connectivity index (χ2n) is 4.64. The van der Waals surface area contributed by atoms with Crippen molar-refractivity contribution >= 4 is 33.4 Å². The topological polar surface area (TPSA) is 55.1 Å². The lowest BCUT2D eigenvalue weighted by Crippen LogP contribution is -2.41. The zero-order chi connectivity index (χ0) is 13.7. The van der Waals surface area contributed by atoms with E-state index < -0.39 is 0 Å². The molecule has 0 aromatic heterocycles. The van der Waals surface area contributed by atoms with Crippen molar-refractivity contribution in [2.45, 2.75) is 26.3 Å². The molecule has 1 rings (SSSR count). The molecule has 5 heteroatoms. The van der Waals surface area contributed by atoms with Gasteiger partial charge in [0.05, 0.1) is 10.6 Å². The number of rotatable bonds is 5. The van der Waals surface area contributed by atoms with Crippen LogP contribution in [0.2, 0.25) is 5.02 Å². The summed E-state index contributed by atoms with van der Waals surface area (Å²) in [6.07, 6.45) is 0.855. The fourth-order valence-corrected chi connectivity index (χ4v) is 2.30.